The summed E-state index contributed by atoms with van der Waals surface area (Å²) in [6.45, 7) is 5.07. The molecule has 5 rings (SSSR count). The molecular weight excluding hydrogens is 388 g/mol. The average Bonchev–Trinajstić information content (AvgIpc) is 3.35. The molecule has 4 fully saturated rings. The predicted molar refractivity (Wildman–Crippen MR) is 119 cm³/mol. The van der Waals surface area contributed by atoms with Gasteiger partial charge in [0.25, 0.3) is 0 Å². The number of carbonyl (C=O) groups excluding carboxylic acids is 1. The van der Waals surface area contributed by atoms with Crippen molar-refractivity contribution < 1.29 is 15.0 Å². The summed E-state index contributed by atoms with van der Waals surface area (Å²) in [5.41, 5.74) is -0.242. The zero-order valence-electron chi connectivity index (χ0n) is 19.3. The first-order valence-corrected chi connectivity index (χ1v) is 12.6. The van der Waals surface area contributed by atoms with Gasteiger partial charge in [-0.25, -0.2) is 0 Å². The molecule has 5 nitrogen and oxygen atoms in total. The van der Waals surface area contributed by atoms with Gasteiger partial charge in [-0.15, -0.1) is 0 Å². The van der Waals surface area contributed by atoms with Crippen molar-refractivity contribution in [1.29, 1.82) is 0 Å². The Morgan fingerprint density at radius 2 is 1.94 bits per heavy atom. The minimum absolute atomic E-state index is 0.110. The van der Waals surface area contributed by atoms with Crippen molar-refractivity contribution in [2.75, 3.05) is 6.61 Å². The van der Waals surface area contributed by atoms with E-state index < -0.39 is 5.60 Å². The van der Waals surface area contributed by atoms with Gasteiger partial charge in [0.2, 0.25) is 0 Å². The number of fused-ring (bicyclic) bond motifs is 5. The van der Waals surface area contributed by atoms with Crippen molar-refractivity contribution in [1.82, 2.24) is 9.78 Å². The van der Waals surface area contributed by atoms with Crippen molar-refractivity contribution >= 4 is 5.78 Å². The third-order valence-corrected chi connectivity index (χ3v) is 10.5. The molecule has 0 unspecified atom stereocenters. The first-order valence-electron chi connectivity index (χ1n) is 12.6. The number of carbonyl (C=O) groups is 1. The Morgan fingerprint density at radius 1 is 1.10 bits per heavy atom. The largest absolute Gasteiger partial charge is 0.396 e. The van der Waals surface area contributed by atoms with E-state index in [0.29, 0.717) is 36.0 Å². The summed E-state index contributed by atoms with van der Waals surface area (Å²) in [4.78, 5) is 13.3. The Hall–Kier alpha value is -1.20. The van der Waals surface area contributed by atoms with Crippen LogP contribution in [0.15, 0.2) is 18.5 Å². The van der Waals surface area contributed by atoms with Crippen LogP contribution in [0.4, 0.5) is 0 Å². The fourth-order valence-electron chi connectivity index (χ4n) is 9.13. The smallest absolute Gasteiger partial charge is 0.157 e. The number of aliphatic hydroxyl groups excluding tert-OH is 1. The molecule has 5 heteroatoms. The second-order valence-corrected chi connectivity index (χ2v) is 11.9. The summed E-state index contributed by atoms with van der Waals surface area (Å²) in [5.74, 6) is 2.99. The van der Waals surface area contributed by atoms with Crippen LogP contribution in [0.5, 0.6) is 0 Å². The lowest BCUT2D eigenvalue weighted by Crippen LogP contribution is -2.57. The van der Waals surface area contributed by atoms with Crippen LogP contribution in [0, 0.1) is 40.4 Å². The number of hydrogen-bond donors (Lipinski definition) is 2. The van der Waals surface area contributed by atoms with Crippen LogP contribution >= 0.6 is 0 Å². The fraction of sp³-hybridized carbons (Fsp3) is 0.846. The standard InChI is InChI=1S/C26H40N2O3/c1-24(31)10-11-26(12-15-29)18(16-24)4-5-19-20-6-7-22(25(20,2)9-8-21(19)26)23(30)17-28-14-3-13-27-28/h3,13-14,18-22,29,31H,4-12,15-17H2,1-2H3/t18-,19-,20-,21-,22+,24+,25-,26+/m0/s1. The van der Waals surface area contributed by atoms with Crippen LogP contribution in [0.25, 0.3) is 0 Å². The highest BCUT2D eigenvalue weighted by Crippen LogP contribution is 2.69. The van der Waals surface area contributed by atoms with E-state index in [1.54, 1.807) is 10.9 Å². The maximum absolute atomic E-state index is 13.3. The minimum atomic E-state index is -0.545. The zero-order valence-corrected chi connectivity index (χ0v) is 19.3. The number of Topliss-reactive ketones (excluding diaryl/α,β-unsaturated/α-hetero) is 1. The third-order valence-electron chi connectivity index (χ3n) is 10.5. The summed E-state index contributed by atoms with van der Waals surface area (Å²) < 4.78 is 1.78. The maximum Gasteiger partial charge on any atom is 0.157 e. The first-order chi connectivity index (χ1) is 14.8. The highest BCUT2D eigenvalue weighted by atomic mass is 16.3. The van der Waals surface area contributed by atoms with E-state index >= 15 is 0 Å². The summed E-state index contributed by atoms with van der Waals surface area (Å²) in [7, 11) is 0. The van der Waals surface area contributed by atoms with Crippen molar-refractivity contribution in [3.63, 3.8) is 0 Å². The minimum Gasteiger partial charge on any atom is -0.396 e. The molecule has 2 N–H and O–H groups in total. The van der Waals surface area contributed by atoms with Gasteiger partial charge >= 0.3 is 0 Å². The molecule has 8 atom stereocenters. The first kappa shape index (κ1) is 21.6. The summed E-state index contributed by atoms with van der Waals surface area (Å²) >= 11 is 0. The topological polar surface area (TPSA) is 75.3 Å². The monoisotopic (exact) mass is 428 g/mol. The van der Waals surface area contributed by atoms with Crippen molar-refractivity contribution in [2.45, 2.75) is 90.2 Å². The number of ketones is 1. The number of nitrogens with zero attached hydrogens (tertiary/aromatic N) is 2. The van der Waals surface area contributed by atoms with Crippen LogP contribution in [0.2, 0.25) is 0 Å². The summed E-state index contributed by atoms with van der Waals surface area (Å²) in [5, 5.41) is 25.1. The lowest BCUT2D eigenvalue weighted by atomic mass is 9.42. The van der Waals surface area contributed by atoms with E-state index in [-0.39, 0.29) is 23.4 Å². The highest BCUT2D eigenvalue weighted by Gasteiger charge is 2.62. The molecule has 4 saturated carbocycles. The van der Waals surface area contributed by atoms with Crippen LogP contribution in [0.1, 0.15) is 78.1 Å². The van der Waals surface area contributed by atoms with E-state index in [1.165, 1.54) is 25.7 Å². The van der Waals surface area contributed by atoms with Crippen LogP contribution in [-0.2, 0) is 11.3 Å². The van der Waals surface area contributed by atoms with Crippen LogP contribution in [-0.4, -0.2) is 38.0 Å². The molecule has 0 saturated heterocycles. The van der Waals surface area contributed by atoms with Gasteiger partial charge < -0.3 is 10.2 Å². The van der Waals surface area contributed by atoms with Gasteiger partial charge in [0.1, 0.15) is 0 Å². The van der Waals surface area contributed by atoms with E-state index in [0.717, 1.165) is 38.5 Å². The van der Waals surface area contributed by atoms with E-state index in [4.69, 9.17) is 0 Å². The number of hydrogen-bond acceptors (Lipinski definition) is 4. The molecule has 172 valence electrons. The molecule has 0 radical (unpaired) electrons. The fourth-order valence-corrected chi connectivity index (χ4v) is 9.13. The van der Waals surface area contributed by atoms with E-state index in [2.05, 4.69) is 12.0 Å². The molecule has 1 aromatic heterocycles. The normalized spacial score (nSPS) is 46.8. The molecule has 0 spiro atoms. The molecule has 1 heterocycles. The Balaban J connectivity index is 1.38. The molecule has 0 bridgehead atoms. The second-order valence-electron chi connectivity index (χ2n) is 11.9. The van der Waals surface area contributed by atoms with Gasteiger partial charge in [0, 0.05) is 24.9 Å². The van der Waals surface area contributed by atoms with Gasteiger partial charge in [0.05, 0.1) is 12.1 Å². The predicted octanol–water partition coefficient (Wildman–Crippen LogP) is 4.22. The van der Waals surface area contributed by atoms with Gasteiger partial charge in [-0.1, -0.05) is 6.92 Å². The van der Waals surface area contributed by atoms with E-state index in [1.807, 2.05) is 19.2 Å². The Kier molecular flexibility index (Phi) is 5.37. The Bertz CT molecular complexity index is 806. The quantitative estimate of drug-likeness (QED) is 0.736. The van der Waals surface area contributed by atoms with Gasteiger partial charge in [0.15, 0.2) is 5.78 Å². The molecule has 4 aliphatic carbocycles. The average molecular weight is 429 g/mol. The molecule has 31 heavy (non-hydrogen) atoms. The lowest BCUT2D eigenvalue weighted by molar-refractivity contribution is -0.163. The maximum atomic E-state index is 13.3. The van der Waals surface area contributed by atoms with Crippen molar-refractivity contribution in [3.05, 3.63) is 18.5 Å². The van der Waals surface area contributed by atoms with Crippen LogP contribution < -0.4 is 0 Å². The SMILES string of the molecule is C[C@@]1(O)CC[C@@]2(CCO)[C@@H](CC[C@H]3[C@@H]4CC[C@H](C(=O)Cn5cccn5)[C@@]4(C)CC[C@@H]32)C1. The molecule has 0 aromatic carbocycles. The molecule has 4 aliphatic rings. The van der Waals surface area contributed by atoms with Crippen molar-refractivity contribution in [2.24, 2.45) is 40.4 Å². The zero-order chi connectivity index (χ0) is 21.9. The Morgan fingerprint density at radius 3 is 2.68 bits per heavy atom. The second kappa shape index (κ2) is 7.69. The molecule has 1 aromatic rings. The number of rotatable bonds is 5. The highest BCUT2D eigenvalue weighted by molar-refractivity contribution is 5.82. The van der Waals surface area contributed by atoms with E-state index in [9.17, 15) is 15.0 Å². The van der Waals surface area contributed by atoms with Crippen molar-refractivity contribution in [3.8, 4) is 0 Å². The number of aliphatic hydroxyl groups is 2. The third kappa shape index (κ3) is 3.42. The molecule has 0 aliphatic heterocycles. The lowest BCUT2D eigenvalue weighted by Gasteiger charge is -2.63. The Labute approximate surface area is 186 Å². The molecular formula is C26H40N2O3. The van der Waals surface area contributed by atoms with Gasteiger partial charge in [-0.05, 0) is 112 Å². The van der Waals surface area contributed by atoms with Gasteiger partial charge in [-0.3, -0.25) is 9.48 Å². The number of aromatic nitrogens is 2. The molecule has 0 amide bonds. The van der Waals surface area contributed by atoms with Crippen LogP contribution in [0.3, 0.4) is 0 Å². The summed E-state index contributed by atoms with van der Waals surface area (Å²) in [6.07, 6.45) is 14.3. The summed E-state index contributed by atoms with van der Waals surface area (Å²) in [6, 6.07) is 1.89. The van der Waals surface area contributed by atoms with Gasteiger partial charge in [-0.2, -0.15) is 5.10 Å².